The minimum atomic E-state index is 0.778. The fraction of sp³-hybridized carbons (Fsp3) is 1.00. The van der Waals surface area contributed by atoms with Crippen LogP contribution in [0.1, 0.15) is 53.4 Å². The number of likely N-dealkylation sites (tertiary alicyclic amines) is 1. The molecule has 20 heavy (non-hydrogen) atoms. The molecule has 0 amide bonds. The highest BCUT2D eigenvalue weighted by atomic mass is 15.2. The van der Waals surface area contributed by atoms with Crippen molar-refractivity contribution in [1.82, 2.24) is 9.80 Å². The Morgan fingerprint density at radius 3 is 2.45 bits per heavy atom. The van der Waals surface area contributed by atoms with E-state index in [0.717, 1.165) is 24.4 Å². The van der Waals surface area contributed by atoms with Crippen LogP contribution in [0.5, 0.6) is 0 Å². The number of hydrogen-bond donors (Lipinski definition) is 1. The van der Waals surface area contributed by atoms with Gasteiger partial charge in [-0.25, -0.2) is 0 Å². The van der Waals surface area contributed by atoms with Gasteiger partial charge < -0.3 is 10.6 Å². The maximum atomic E-state index is 5.73. The number of nitrogens with two attached hydrogens (primary N) is 1. The smallest absolute Gasteiger partial charge is 0.0235 e. The summed E-state index contributed by atoms with van der Waals surface area (Å²) < 4.78 is 0. The van der Waals surface area contributed by atoms with Gasteiger partial charge in [-0.05, 0) is 70.2 Å². The molecule has 1 rings (SSSR count). The molecule has 1 saturated heterocycles. The van der Waals surface area contributed by atoms with Crippen molar-refractivity contribution < 1.29 is 0 Å². The van der Waals surface area contributed by atoms with Crippen molar-refractivity contribution in [2.75, 3.05) is 39.3 Å². The van der Waals surface area contributed by atoms with Crippen molar-refractivity contribution in [2.24, 2.45) is 17.6 Å². The summed E-state index contributed by atoms with van der Waals surface area (Å²) in [5, 5.41) is 0. The Bertz CT molecular complexity index is 238. The Hall–Kier alpha value is -0.120. The second-order valence-electron chi connectivity index (χ2n) is 6.69. The first-order valence-electron chi connectivity index (χ1n) is 8.78. The third-order valence-corrected chi connectivity index (χ3v) is 5.11. The number of hydrogen-bond acceptors (Lipinski definition) is 3. The summed E-state index contributed by atoms with van der Waals surface area (Å²) in [6.07, 6.45) is 5.24. The predicted octanol–water partition coefficient (Wildman–Crippen LogP) is 2.80. The van der Waals surface area contributed by atoms with E-state index >= 15 is 0 Å². The second-order valence-corrected chi connectivity index (χ2v) is 6.69. The van der Waals surface area contributed by atoms with Crippen LogP contribution in [0.3, 0.4) is 0 Å². The maximum absolute atomic E-state index is 5.73. The van der Waals surface area contributed by atoms with E-state index in [9.17, 15) is 0 Å². The topological polar surface area (TPSA) is 32.5 Å². The second kappa shape index (κ2) is 9.75. The number of likely N-dealkylation sites (N-methyl/N-ethyl adjacent to an activating group) is 1. The summed E-state index contributed by atoms with van der Waals surface area (Å²) in [6.45, 7) is 16.3. The highest BCUT2D eigenvalue weighted by Gasteiger charge is 2.25. The average Bonchev–Trinajstić information content (AvgIpc) is 2.88. The van der Waals surface area contributed by atoms with Crippen molar-refractivity contribution in [3.63, 3.8) is 0 Å². The van der Waals surface area contributed by atoms with Gasteiger partial charge in [0.2, 0.25) is 0 Å². The Labute approximate surface area is 126 Å². The number of nitrogens with zero attached hydrogens (tertiary/aromatic N) is 2. The van der Waals surface area contributed by atoms with Crippen LogP contribution in [0.15, 0.2) is 0 Å². The van der Waals surface area contributed by atoms with Gasteiger partial charge in [0, 0.05) is 12.6 Å². The van der Waals surface area contributed by atoms with Gasteiger partial charge in [-0.3, -0.25) is 4.90 Å². The first-order valence-corrected chi connectivity index (χ1v) is 8.78. The lowest BCUT2D eigenvalue weighted by molar-refractivity contribution is 0.207. The van der Waals surface area contributed by atoms with Crippen molar-refractivity contribution in [3.8, 4) is 0 Å². The van der Waals surface area contributed by atoms with Gasteiger partial charge in [-0.15, -0.1) is 0 Å². The van der Waals surface area contributed by atoms with Crippen LogP contribution in [-0.4, -0.2) is 55.1 Å². The first-order chi connectivity index (χ1) is 9.62. The van der Waals surface area contributed by atoms with Gasteiger partial charge >= 0.3 is 0 Å². The molecule has 1 heterocycles. The quantitative estimate of drug-likeness (QED) is 0.669. The van der Waals surface area contributed by atoms with Crippen LogP contribution in [0, 0.1) is 11.8 Å². The van der Waals surface area contributed by atoms with E-state index in [0.29, 0.717) is 0 Å². The van der Waals surface area contributed by atoms with Crippen LogP contribution in [0.25, 0.3) is 0 Å². The molecule has 0 aromatic rings. The van der Waals surface area contributed by atoms with Gasteiger partial charge in [-0.1, -0.05) is 27.7 Å². The monoisotopic (exact) mass is 283 g/mol. The van der Waals surface area contributed by atoms with E-state index < -0.39 is 0 Å². The van der Waals surface area contributed by atoms with Gasteiger partial charge in [-0.2, -0.15) is 0 Å². The molecule has 3 nitrogen and oxygen atoms in total. The van der Waals surface area contributed by atoms with E-state index in [2.05, 4.69) is 37.5 Å². The maximum Gasteiger partial charge on any atom is 0.0235 e. The molecule has 120 valence electrons. The molecule has 0 saturated carbocycles. The van der Waals surface area contributed by atoms with Crippen molar-refractivity contribution >= 4 is 0 Å². The fourth-order valence-corrected chi connectivity index (χ4v) is 3.66. The molecule has 0 aliphatic carbocycles. The Balaban J connectivity index is 2.23. The van der Waals surface area contributed by atoms with Gasteiger partial charge in [0.15, 0.2) is 0 Å². The van der Waals surface area contributed by atoms with Crippen LogP contribution >= 0.6 is 0 Å². The third kappa shape index (κ3) is 5.71. The molecule has 2 atom stereocenters. The summed E-state index contributed by atoms with van der Waals surface area (Å²) in [4.78, 5) is 5.29. The van der Waals surface area contributed by atoms with Crippen molar-refractivity contribution in [3.05, 3.63) is 0 Å². The predicted molar refractivity (Wildman–Crippen MR) is 89.0 cm³/mol. The largest absolute Gasteiger partial charge is 0.330 e. The van der Waals surface area contributed by atoms with E-state index in [1.165, 1.54) is 58.4 Å². The van der Waals surface area contributed by atoms with Crippen LogP contribution in [-0.2, 0) is 0 Å². The lowest BCUT2D eigenvalue weighted by atomic mass is 9.88. The molecule has 3 heteroatoms. The molecule has 1 aliphatic rings. The van der Waals surface area contributed by atoms with Gasteiger partial charge in [0.05, 0.1) is 0 Å². The molecule has 1 fully saturated rings. The standard InChI is InChI=1S/C17H37N3/c1-5-20(6-2)17-10-13-19(14-17)12-7-8-16(9-11-18)15(3)4/h15-17H,5-14,18H2,1-4H3. The molecule has 0 spiro atoms. The zero-order chi connectivity index (χ0) is 15.0. The summed E-state index contributed by atoms with van der Waals surface area (Å²) in [5.41, 5.74) is 5.73. The van der Waals surface area contributed by atoms with Gasteiger partial charge in [0.1, 0.15) is 0 Å². The summed E-state index contributed by atoms with van der Waals surface area (Å²) in [7, 11) is 0. The average molecular weight is 284 g/mol. The molecule has 0 radical (unpaired) electrons. The molecule has 0 bridgehead atoms. The highest BCUT2D eigenvalue weighted by molar-refractivity contribution is 4.82. The summed E-state index contributed by atoms with van der Waals surface area (Å²) in [5.74, 6) is 1.60. The van der Waals surface area contributed by atoms with Crippen molar-refractivity contribution in [1.29, 1.82) is 0 Å². The Morgan fingerprint density at radius 2 is 1.90 bits per heavy atom. The molecule has 0 aromatic heterocycles. The molecule has 1 aliphatic heterocycles. The van der Waals surface area contributed by atoms with Crippen LogP contribution in [0.4, 0.5) is 0 Å². The normalized spacial score (nSPS) is 22.1. The van der Waals surface area contributed by atoms with Crippen LogP contribution < -0.4 is 5.73 Å². The molecule has 0 aromatic carbocycles. The van der Waals surface area contributed by atoms with E-state index in [1.807, 2.05) is 0 Å². The lowest BCUT2D eigenvalue weighted by Crippen LogP contribution is -2.37. The molecular weight excluding hydrogens is 246 g/mol. The van der Waals surface area contributed by atoms with E-state index in [4.69, 9.17) is 5.73 Å². The fourth-order valence-electron chi connectivity index (χ4n) is 3.66. The minimum absolute atomic E-state index is 0.778. The van der Waals surface area contributed by atoms with Crippen molar-refractivity contribution in [2.45, 2.75) is 59.4 Å². The zero-order valence-corrected chi connectivity index (χ0v) is 14.3. The summed E-state index contributed by atoms with van der Waals surface area (Å²) in [6, 6.07) is 0.801. The van der Waals surface area contributed by atoms with Crippen LogP contribution in [0.2, 0.25) is 0 Å². The van der Waals surface area contributed by atoms with E-state index in [1.54, 1.807) is 0 Å². The summed E-state index contributed by atoms with van der Waals surface area (Å²) >= 11 is 0. The molecular formula is C17H37N3. The Kier molecular flexibility index (Phi) is 8.74. The first kappa shape index (κ1) is 17.9. The minimum Gasteiger partial charge on any atom is -0.330 e. The lowest BCUT2D eigenvalue weighted by Gasteiger charge is -2.26. The van der Waals surface area contributed by atoms with Gasteiger partial charge in [0.25, 0.3) is 0 Å². The van der Waals surface area contributed by atoms with E-state index in [-0.39, 0.29) is 0 Å². The molecule has 2 unspecified atom stereocenters. The third-order valence-electron chi connectivity index (χ3n) is 5.11. The highest BCUT2D eigenvalue weighted by Crippen LogP contribution is 2.22. The number of rotatable bonds is 10. The SMILES string of the molecule is CCN(CC)C1CCN(CCCC(CCN)C(C)C)C1. The zero-order valence-electron chi connectivity index (χ0n) is 14.3. The molecule has 2 N–H and O–H groups in total. The Morgan fingerprint density at radius 1 is 1.20 bits per heavy atom.